The van der Waals surface area contributed by atoms with Gasteiger partial charge in [0.25, 0.3) is 0 Å². The summed E-state index contributed by atoms with van der Waals surface area (Å²) < 4.78 is 0. The van der Waals surface area contributed by atoms with Gasteiger partial charge >= 0.3 is 0 Å². The Bertz CT molecular complexity index is 115. The van der Waals surface area contributed by atoms with Gasteiger partial charge < -0.3 is 4.90 Å². The highest BCUT2D eigenvalue weighted by atomic mass is 15.2. The lowest BCUT2D eigenvalue weighted by Crippen LogP contribution is -2.41. The fraction of sp³-hybridized carbons (Fsp3) is 1.00. The Balaban J connectivity index is 0.000000791. The zero-order valence-electron chi connectivity index (χ0n) is 11.0. The van der Waals surface area contributed by atoms with E-state index in [2.05, 4.69) is 32.6 Å². The Labute approximate surface area is 90.9 Å². The minimum atomic E-state index is 0.742. The molecule has 1 aliphatic heterocycles. The van der Waals surface area contributed by atoms with Crippen LogP contribution < -0.4 is 0 Å². The number of hydrogen-bond acceptors (Lipinski definition) is 1. The van der Waals surface area contributed by atoms with Crippen molar-refractivity contribution in [1.29, 1.82) is 0 Å². The van der Waals surface area contributed by atoms with Gasteiger partial charge in [0.1, 0.15) is 0 Å². The number of hydrogen-bond donors (Lipinski definition) is 0. The molecule has 0 amide bonds. The van der Waals surface area contributed by atoms with Gasteiger partial charge in [-0.2, -0.15) is 0 Å². The van der Waals surface area contributed by atoms with Crippen molar-refractivity contribution in [2.45, 2.75) is 60.4 Å². The number of nitrogens with zero attached hydrogens (tertiary/aromatic N) is 1. The molecule has 0 aliphatic carbocycles. The molecule has 1 heterocycles. The molecule has 0 aromatic rings. The van der Waals surface area contributed by atoms with E-state index in [0.717, 1.165) is 17.9 Å². The summed E-state index contributed by atoms with van der Waals surface area (Å²) in [4.78, 5) is 2.62. The SMILES string of the molecule is CC.CC(C)[C@H]1CCCN(C(C)C)C1. The molecule has 1 nitrogen and oxygen atoms in total. The van der Waals surface area contributed by atoms with E-state index in [4.69, 9.17) is 0 Å². The maximum absolute atomic E-state index is 2.62. The molecule has 0 N–H and O–H groups in total. The molecule has 0 saturated carbocycles. The first-order valence-corrected chi connectivity index (χ1v) is 6.35. The fourth-order valence-corrected chi connectivity index (χ4v) is 2.05. The third-order valence-electron chi connectivity index (χ3n) is 3.16. The molecular formula is C13H29N. The van der Waals surface area contributed by atoms with Crippen molar-refractivity contribution in [2.24, 2.45) is 11.8 Å². The lowest BCUT2D eigenvalue weighted by atomic mass is 9.87. The van der Waals surface area contributed by atoms with E-state index < -0.39 is 0 Å². The summed E-state index contributed by atoms with van der Waals surface area (Å²) in [6.07, 6.45) is 2.85. The van der Waals surface area contributed by atoms with Crippen molar-refractivity contribution < 1.29 is 0 Å². The molecular weight excluding hydrogens is 170 g/mol. The summed E-state index contributed by atoms with van der Waals surface area (Å²) >= 11 is 0. The first-order valence-electron chi connectivity index (χ1n) is 6.35. The molecule has 1 rings (SSSR count). The molecule has 1 fully saturated rings. The Morgan fingerprint density at radius 3 is 2.07 bits per heavy atom. The summed E-state index contributed by atoms with van der Waals surface area (Å²) in [5.74, 6) is 1.81. The lowest BCUT2D eigenvalue weighted by Gasteiger charge is -2.37. The van der Waals surface area contributed by atoms with E-state index in [-0.39, 0.29) is 0 Å². The van der Waals surface area contributed by atoms with Crippen molar-refractivity contribution in [3.63, 3.8) is 0 Å². The third kappa shape index (κ3) is 4.45. The molecule has 86 valence electrons. The predicted molar refractivity (Wildman–Crippen MR) is 65.6 cm³/mol. The van der Waals surface area contributed by atoms with Crippen LogP contribution in [-0.2, 0) is 0 Å². The second-order valence-electron chi connectivity index (χ2n) is 4.74. The van der Waals surface area contributed by atoms with Gasteiger partial charge in [0, 0.05) is 12.6 Å². The van der Waals surface area contributed by atoms with Crippen LogP contribution in [0.3, 0.4) is 0 Å². The topological polar surface area (TPSA) is 3.24 Å². The van der Waals surface area contributed by atoms with Crippen LogP contribution in [0.15, 0.2) is 0 Å². The van der Waals surface area contributed by atoms with Crippen LogP contribution >= 0.6 is 0 Å². The van der Waals surface area contributed by atoms with E-state index in [1.165, 1.54) is 25.9 Å². The monoisotopic (exact) mass is 199 g/mol. The van der Waals surface area contributed by atoms with Crippen molar-refractivity contribution in [3.8, 4) is 0 Å². The van der Waals surface area contributed by atoms with Crippen molar-refractivity contribution in [3.05, 3.63) is 0 Å². The van der Waals surface area contributed by atoms with Gasteiger partial charge in [0.15, 0.2) is 0 Å². The van der Waals surface area contributed by atoms with Crippen molar-refractivity contribution in [1.82, 2.24) is 4.90 Å². The predicted octanol–water partition coefficient (Wildman–Crippen LogP) is 3.79. The van der Waals surface area contributed by atoms with Crippen LogP contribution in [0.2, 0.25) is 0 Å². The van der Waals surface area contributed by atoms with Gasteiger partial charge in [-0.1, -0.05) is 27.7 Å². The van der Waals surface area contributed by atoms with Crippen LogP contribution in [0.4, 0.5) is 0 Å². The molecule has 0 radical (unpaired) electrons. The van der Waals surface area contributed by atoms with E-state index in [1.807, 2.05) is 13.8 Å². The maximum atomic E-state index is 2.62. The second-order valence-corrected chi connectivity index (χ2v) is 4.74. The molecule has 1 heteroatoms. The molecule has 14 heavy (non-hydrogen) atoms. The Morgan fingerprint density at radius 1 is 1.07 bits per heavy atom. The number of rotatable bonds is 2. The standard InChI is InChI=1S/C11H23N.C2H6/c1-9(2)11-6-5-7-12(8-11)10(3)4;1-2/h9-11H,5-8H2,1-4H3;1-2H3/t11-;/m0./s1. The largest absolute Gasteiger partial charge is 0.301 e. The zero-order chi connectivity index (χ0) is 11.1. The number of likely N-dealkylation sites (tertiary alicyclic amines) is 1. The smallest absolute Gasteiger partial charge is 0.00387 e. The molecule has 1 aliphatic rings. The van der Waals surface area contributed by atoms with Gasteiger partial charge in [0.2, 0.25) is 0 Å². The average Bonchev–Trinajstić information content (AvgIpc) is 2.21. The maximum Gasteiger partial charge on any atom is 0.00387 e. The molecule has 1 saturated heterocycles. The average molecular weight is 199 g/mol. The normalized spacial score (nSPS) is 23.6. The molecule has 0 bridgehead atoms. The van der Waals surface area contributed by atoms with Gasteiger partial charge in [-0.05, 0) is 45.1 Å². The van der Waals surface area contributed by atoms with E-state index >= 15 is 0 Å². The third-order valence-corrected chi connectivity index (χ3v) is 3.16. The summed E-state index contributed by atoms with van der Waals surface area (Å²) in [6, 6.07) is 0.742. The summed E-state index contributed by atoms with van der Waals surface area (Å²) in [7, 11) is 0. The minimum absolute atomic E-state index is 0.742. The summed E-state index contributed by atoms with van der Waals surface area (Å²) in [6.45, 7) is 16.0. The van der Waals surface area contributed by atoms with Crippen LogP contribution in [0.1, 0.15) is 54.4 Å². The van der Waals surface area contributed by atoms with Gasteiger partial charge in [-0.25, -0.2) is 0 Å². The van der Waals surface area contributed by atoms with Gasteiger partial charge in [0.05, 0.1) is 0 Å². The van der Waals surface area contributed by atoms with E-state index in [9.17, 15) is 0 Å². The Kier molecular flexibility index (Phi) is 7.26. The zero-order valence-corrected chi connectivity index (χ0v) is 11.0. The van der Waals surface area contributed by atoms with E-state index in [0.29, 0.717) is 0 Å². The minimum Gasteiger partial charge on any atom is -0.301 e. The molecule has 0 aromatic carbocycles. The van der Waals surface area contributed by atoms with Crippen LogP contribution in [0.25, 0.3) is 0 Å². The number of piperidine rings is 1. The highest BCUT2D eigenvalue weighted by molar-refractivity contribution is 4.76. The van der Waals surface area contributed by atoms with Crippen LogP contribution in [0, 0.1) is 11.8 Å². The lowest BCUT2D eigenvalue weighted by molar-refractivity contribution is 0.117. The highest BCUT2D eigenvalue weighted by Gasteiger charge is 2.23. The van der Waals surface area contributed by atoms with Crippen LogP contribution in [-0.4, -0.2) is 24.0 Å². The second kappa shape index (κ2) is 7.28. The fourth-order valence-electron chi connectivity index (χ4n) is 2.05. The summed E-state index contributed by atoms with van der Waals surface area (Å²) in [5.41, 5.74) is 0. The van der Waals surface area contributed by atoms with Gasteiger partial charge in [-0.15, -0.1) is 0 Å². The molecule has 1 atom stereocenters. The quantitative estimate of drug-likeness (QED) is 0.654. The molecule has 0 unspecified atom stereocenters. The first-order chi connectivity index (χ1) is 6.61. The molecule has 0 aromatic heterocycles. The first kappa shape index (κ1) is 14.0. The highest BCUT2D eigenvalue weighted by Crippen LogP contribution is 2.24. The van der Waals surface area contributed by atoms with Crippen molar-refractivity contribution in [2.75, 3.05) is 13.1 Å². The Morgan fingerprint density at radius 2 is 1.64 bits per heavy atom. The van der Waals surface area contributed by atoms with E-state index in [1.54, 1.807) is 0 Å². The van der Waals surface area contributed by atoms with Gasteiger partial charge in [-0.3, -0.25) is 0 Å². The Hall–Kier alpha value is -0.0400. The summed E-state index contributed by atoms with van der Waals surface area (Å²) in [5, 5.41) is 0. The van der Waals surface area contributed by atoms with Crippen molar-refractivity contribution >= 4 is 0 Å². The van der Waals surface area contributed by atoms with Crippen LogP contribution in [0.5, 0.6) is 0 Å². The molecule has 0 spiro atoms.